The zero-order valence-corrected chi connectivity index (χ0v) is 37.8. The Hall–Kier alpha value is -0.540. The van der Waals surface area contributed by atoms with Crippen LogP contribution >= 0.6 is 7.82 Å². The number of esters is 1. The topological polar surface area (TPSA) is 132 Å². The van der Waals surface area contributed by atoms with Crippen molar-refractivity contribution in [3.63, 3.8) is 0 Å². The molecule has 56 heavy (non-hydrogen) atoms. The number of aliphatic hydroxyl groups is 2. The highest BCUT2D eigenvalue weighted by molar-refractivity contribution is 7.47. The molecule has 0 aliphatic heterocycles. The normalized spacial score (nSPS) is 13.9. The Morgan fingerprint density at radius 2 is 0.804 bits per heavy atom. The van der Waals surface area contributed by atoms with E-state index in [0.29, 0.717) is 6.61 Å². The number of phosphoric ester groups is 1. The first kappa shape index (κ1) is 55.5. The minimum atomic E-state index is -4.51. The quantitative estimate of drug-likeness (QED) is 0.0312. The smallest absolute Gasteiger partial charge is 0.457 e. The lowest BCUT2D eigenvalue weighted by atomic mass is 10.0. The average Bonchev–Trinajstić information content (AvgIpc) is 3.19. The van der Waals surface area contributed by atoms with Crippen molar-refractivity contribution in [2.75, 3.05) is 33.0 Å². The lowest BCUT2D eigenvalue weighted by Crippen LogP contribution is -2.29. The van der Waals surface area contributed by atoms with Crippen molar-refractivity contribution in [2.24, 2.45) is 0 Å². The molecule has 10 heteroatoms. The molecule has 0 aromatic heterocycles. The zero-order chi connectivity index (χ0) is 41.1. The van der Waals surface area contributed by atoms with Crippen LogP contribution < -0.4 is 0 Å². The summed E-state index contributed by atoms with van der Waals surface area (Å²) < 4.78 is 33.5. The monoisotopic (exact) mass is 821 g/mol. The fourth-order valence-corrected chi connectivity index (χ4v) is 7.91. The molecule has 0 heterocycles. The summed E-state index contributed by atoms with van der Waals surface area (Å²) in [5, 5.41) is 18.4. The van der Waals surface area contributed by atoms with E-state index < -0.39 is 33.2 Å². The molecule has 0 aromatic rings. The fourth-order valence-electron chi connectivity index (χ4n) is 7.12. The van der Waals surface area contributed by atoms with Crippen LogP contribution in [0.3, 0.4) is 0 Å². The van der Waals surface area contributed by atoms with Gasteiger partial charge in [0, 0.05) is 13.0 Å². The lowest BCUT2D eigenvalue weighted by molar-refractivity contribution is -0.154. The molecule has 0 saturated heterocycles. The largest absolute Gasteiger partial charge is 0.472 e. The highest BCUT2D eigenvalue weighted by atomic mass is 31.2. The number of carbonyl (C=O) groups excluding carboxylic acids is 1. The first-order chi connectivity index (χ1) is 27.3. The molecule has 3 N–H and O–H groups in total. The molecule has 0 aliphatic carbocycles. The van der Waals surface area contributed by atoms with Gasteiger partial charge >= 0.3 is 13.8 Å². The highest BCUT2D eigenvalue weighted by Crippen LogP contribution is 2.43. The third-order valence-corrected chi connectivity index (χ3v) is 11.7. The Bertz CT molecular complexity index is 845. The van der Waals surface area contributed by atoms with Crippen molar-refractivity contribution in [1.29, 1.82) is 0 Å². The van der Waals surface area contributed by atoms with Gasteiger partial charge in [0.05, 0.1) is 26.4 Å². The van der Waals surface area contributed by atoms with E-state index in [-0.39, 0.29) is 25.6 Å². The Labute approximate surface area is 346 Å². The molecule has 0 aliphatic rings. The number of unbranched alkanes of at least 4 members (excludes halogenated alkanes) is 33. The molecular weight excluding hydrogens is 727 g/mol. The van der Waals surface area contributed by atoms with Gasteiger partial charge in [0.15, 0.2) is 0 Å². The van der Waals surface area contributed by atoms with Gasteiger partial charge in [-0.15, -0.1) is 0 Å². The van der Waals surface area contributed by atoms with E-state index in [1.807, 2.05) is 0 Å². The van der Waals surface area contributed by atoms with Crippen LogP contribution in [0.4, 0.5) is 0 Å². The van der Waals surface area contributed by atoms with E-state index >= 15 is 0 Å². The van der Waals surface area contributed by atoms with Gasteiger partial charge in [-0.25, -0.2) is 4.57 Å². The third-order valence-electron chi connectivity index (χ3n) is 10.8. The van der Waals surface area contributed by atoms with Crippen molar-refractivity contribution in [2.45, 2.75) is 257 Å². The van der Waals surface area contributed by atoms with Gasteiger partial charge in [-0.2, -0.15) is 0 Å². The summed E-state index contributed by atoms with van der Waals surface area (Å²) in [5.74, 6) is -0.375. The first-order valence-electron chi connectivity index (χ1n) is 24.0. The van der Waals surface area contributed by atoms with E-state index in [1.54, 1.807) is 0 Å². The minimum Gasteiger partial charge on any atom is -0.457 e. The minimum absolute atomic E-state index is 0.0585. The van der Waals surface area contributed by atoms with Crippen LogP contribution in [0.2, 0.25) is 0 Å². The molecule has 0 fully saturated rings. The van der Waals surface area contributed by atoms with Crippen molar-refractivity contribution < 1.29 is 43.0 Å². The highest BCUT2D eigenvalue weighted by Gasteiger charge is 2.26. The predicted molar refractivity (Wildman–Crippen MR) is 233 cm³/mol. The van der Waals surface area contributed by atoms with Crippen molar-refractivity contribution in [3.8, 4) is 0 Å². The van der Waals surface area contributed by atoms with E-state index in [1.165, 1.54) is 193 Å². The molecule has 0 radical (unpaired) electrons. The molecule has 3 atom stereocenters. The van der Waals surface area contributed by atoms with Crippen LogP contribution in [0.5, 0.6) is 0 Å². The van der Waals surface area contributed by atoms with Crippen molar-refractivity contribution in [1.82, 2.24) is 0 Å². The van der Waals surface area contributed by atoms with Crippen molar-refractivity contribution >= 4 is 13.8 Å². The summed E-state index contributed by atoms with van der Waals surface area (Å²) in [7, 11) is -4.51. The second kappa shape index (κ2) is 44.0. The fraction of sp³-hybridized carbons (Fsp3) is 0.978. The summed E-state index contributed by atoms with van der Waals surface area (Å²) in [5.41, 5.74) is 0. The molecule has 0 bridgehead atoms. The van der Waals surface area contributed by atoms with E-state index in [4.69, 9.17) is 23.6 Å². The van der Waals surface area contributed by atoms with E-state index in [9.17, 15) is 19.4 Å². The van der Waals surface area contributed by atoms with Crippen LogP contribution in [0.15, 0.2) is 0 Å². The maximum absolute atomic E-state index is 12.6. The Morgan fingerprint density at radius 3 is 1.16 bits per heavy atom. The van der Waals surface area contributed by atoms with Gasteiger partial charge in [0.1, 0.15) is 12.2 Å². The first-order valence-corrected chi connectivity index (χ1v) is 25.5. The number of aliphatic hydroxyl groups excluding tert-OH is 2. The summed E-state index contributed by atoms with van der Waals surface area (Å²) in [6.07, 6.45) is 43.5. The molecule has 336 valence electrons. The maximum Gasteiger partial charge on any atom is 0.472 e. The summed E-state index contributed by atoms with van der Waals surface area (Å²) >= 11 is 0. The van der Waals surface area contributed by atoms with Crippen LogP contribution in [-0.2, 0) is 27.9 Å². The number of ether oxygens (including phenoxy) is 2. The molecule has 9 nitrogen and oxygen atoms in total. The van der Waals surface area contributed by atoms with Gasteiger partial charge in [-0.1, -0.05) is 226 Å². The Morgan fingerprint density at radius 1 is 0.482 bits per heavy atom. The van der Waals surface area contributed by atoms with Crippen LogP contribution in [0, 0.1) is 0 Å². The second-order valence-electron chi connectivity index (χ2n) is 16.5. The van der Waals surface area contributed by atoms with Crippen LogP contribution in [-0.4, -0.2) is 66.3 Å². The Kier molecular flexibility index (Phi) is 43.6. The van der Waals surface area contributed by atoms with Crippen LogP contribution in [0.25, 0.3) is 0 Å². The molecule has 0 spiro atoms. The number of carbonyl (C=O) groups is 1. The van der Waals surface area contributed by atoms with Gasteiger partial charge < -0.3 is 24.6 Å². The van der Waals surface area contributed by atoms with Gasteiger partial charge in [0.2, 0.25) is 0 Å². The number of hydrogen-bond donors (Lipinski definition) is 3. The number of hydrogen-bond acceptors (Lipinski definition) is 8. The SMILES string of the molecule is CCCCCCCCCCCCCCCCCCCCCCOCC(COP(=O)(O)OCC(O)CO)OC(=O)CCCCCCCCCCCCCCCCC. The molecular formula is C46H93O9P. The summed E-state index contributed by atoms with van der Waals surface area (Å²) in [6.45, 7) is 3.59. The molecule has 0 rings (SSSR count). The number of phosphoric acid groups is 1. The molecule has 0 aromatic carbocycles. The van der Waals surface area contributed by atoms with E-state index in [0.717, 1.165) is 32.1 Å². The zero-order valence-electron chi connectivity index (χ0n) is 36.9. The van der Waals surface area contributed by atoms with Crippen LogP contribution in [0.1, 0.15) is 245 Å². The second-order valence-corrected chi connectivity index (χ2v) is 18.0. The standard InChI is InChI=1S/C46H93O9P/c1-3-5-7-9-11-13-15-17-19-20-21-22-23-25-27-29-31-33-35-37-39-52-42-45(43-54-56(50,51)53-41-44(48)40-47)55-46(49)38-36-34-32-30-28-26-24-18-16-14-12-10-8-6-4-2/h44-45,47-48H,3-43H2,1-2H3,(H,50,51). The van der Waals surface area contributed by atoms with Crippen molar-refractivity contribution in [3.05, 3.63) is 0 Å². The van der Waals surface area contributed by atoms with Gasteiger partial charge in [0.25, 0.3) is 0 Å². The number of rotatable bonds is 47. The molecule has 3 unspecified atom stereocenters. The van der Waals surface area contributed by atoms with E-state index in [2.05, 4.69) is 13.8 Å². The van der Waals surface area contributed by atoms with Gasteiger partial charge in [-0.05, 0) is 12.8 Å². The molecule has 0 saturated carbocycles. The average molecular weight is 821 g/mol. The third kappa shape index (κ3) is 43.0. The predicted octanol–water partition coefficient (Wildman–Crippen LogP) is 13.5. The maximum atomic E-state index is 12.6. The Balaban J connectivity index is 4.04. The van der Waals surface area contributed by atoms with Gasteiger partial charge in [-0.3, -0.25) is 13.8 Å². The summed E-state index contributed by atoms with van der Waals surface area (Å²) in [6, 6.07) is 0. The lowest BCUT2D eigenvalue weighted by Gasteiger charge is -2.20. The molecule has 0 amide bonds. The summed E-state index contributed by atoms with van der Waals surface area (Å²) in [4.78, 5) is 22.6.